The molecule has 0 amide bonds. The van der Waals surface area contributed by atoms with Crippen LogP contribution in [-0.4, -0.2) is 105 Å². The number of para-hydroxylation sites is 2. The Morgan fingerprint density at radius 1 is 0.939 bits per heavy atom. The summed E-state index contributed by atoms with van der Waals surface area (Å²) >= 11 is 0. The van der Waals surface area contributed by atoms with Crippen LogP contribution in [0.1, 0.15) is 0 Å². The molecule has 9 nitrogen and oxygen atoms in total. The van der Waals surface area contributed by atoms with Crippen molar-refractivity contribution in [2.45, 2.75) is 0 Å². The van der Waals surface area contributed by atoms with Crippen LogP contribution in [0.2, 0.25) is 0 Å². The number of hydrogen-bond donors (Lipinski definition) is 1. The molecule has 2 aromatic rings. The van der Waals surface area contributed by atoms with E-state index in [0.717, 1.165) is 88.8 Å². The Bertz CT molecular complexity index is 868. The molecular weight excluding hydrogens is 531 g/mol. The van der Waals surface area contributed by atoms with Gasteiger partial charge in [0.05, 0.1) is 12.8 Å². The number of nitrogens with one attached hydrogen (secondary N) is 1. The van der Waals surface area contributed by atoms with Crippen molar-refractivity contribution in [1.29, 1.82) is 0 Å². The topological polar surface area (TPSA) is 72.4 Å². The molecule has 10 heteroatoms. The molecule has 0 radical (unpaired) electrons. The number of piperazine rings is 2. The molecule has 4 rings (SSSR count). The average molecular weight is 566 g/mol. The van der Waals surface area contributed by atoms with E-state index in [-0.39, 0.29) is 24.0 Å². The molecule has 2 saturated heterocycles. The molecule has 0 aliphatic carbocycles. The van der Waals surface area contributed by atoms with Gasteiger partial charge in [-0.15, -0.1) is 24.0 Å². The molecule has 0 bridgehead atoms. The summed E-state index contributed by atoms with van der Waals surface area (Å²) in [6.45, 7) is 9.64. The summed E-state index contributed by atoms with van der Waals surface area (Å²) < 4.78 is 5.53. The monoisotopic (exact) mass is 566 g/mol. The second kappa shape index (κ2) is 12.8. The van der Waals surface area contributed by atoms with Crippen molar-refractivity contribution < 1.29 is 4.74 Å². The van der Waals surface area contributed by atoms with Crippen molar-refractivity contribution in [1.82, 2.24) is 25.1 Å². The van der Waals surface area contributed by atoms with Crippen LogP contribution in [0.5, 0.6) is 5.75 Å². The van der Waals surface area contributed by atoms with E-state index in [4.69, 9.17) is 4.74 Å². The van der Waals surface area contributed by atoms with Crippen LogP contribution in [0.4, 0.5) is 11.6 Å². The highest BCUT2D eigenvalue weighted by Gasteiger charge is 2.22. The van der Waals surface area contributed by atoms with Gasteiger partial charge in [0, 0.05) is 84.9 Å². The van der Waals surface area contributed by atoms with Gasteiger partial charge in [-0.25, -0.2) is 9.97 Å². The summed E-state index contributed by atoms with van der Waals surface area (Å²) in [6, 6.07) is 10.1. The number of aromatic nitrogens is 2. The van der Waals surface area contributed by atoms with Crippen LogP contribution in [0, 0.1) is 0 Å². The first-order valence-corrected chi connectivity index (χ1v) is 11.4. The molecule has 2 aliphatic rings. The second-order valence-electron chi connectivity index (χ2n) is 8.00. The predicted octanol–water partition coefficient (Wildman–Crippen LogP) is 1.62. The third-order valence-electron chi connectivity index (χ3n) is 6.14. The van der Waals surface area contributed by atoms with E-state index >= 15 is 0 Å². The zero-order valence-electron chi connectivity index (χ0n) is 19.6. The van der Waals surface area contributed by atoms with Gasteiger partial charge in [-0.3, -0.25) is 9.89 Å². The van der Waals surface area contributed by atoms with E-state index in [1.807, 2.05) is 25.2 Å². The van der Waals surface area contributed by atoms with E-state index < -0.39 is 0 Å². The number of nitrogens with zero attached hydrogens (tertiary/aromatic N) is 7. The van der Waals surface area contributed by atoms with Crippen LogP contribution >= 0.6 is 24.0 Å². The number of benzene rings is 1. The Balaban J connectivity index is 0.00000306. The summed E-state index contributed by atoms with van der Waals surface area (Å²) in [5, 5.41) is 3.56. The summed E-state index contributed by atoms with van der Waals surface area (Å²) in [5.74, 6) is 2.75. The van der Waals surface area contributed by atoms with Gasteiger partial charge in [-0.1, -0.05) is 12.1 Å². The minimum Gasteiger partial charge on any atom is -0.495 e. The van der Waals surface area contributed by atoms with Crippen molar-refractivity contribution in [2.75, 3.05) is 89.4 Å². The molecule has 0 spiro atoms. The van der Waals surface area contributed by atoms with Gasteiger partial charge in [0.15, 0.2) is 5.96 Å². The van der Waals surface area contributed by atoms with Crippen LogP contribution in [0.15, 0.2) is 47.7 Å². The van der Waals surface area contributed by atoms with Gasteiger partial charge in [0.25, 0.3) is 0 Å². The van der Waals surface area contributed by atoms with E-state index in [1.54, 1.807) is 19.5 Å². The number of ether oxygens (including phenoxy) is 1. The zero-order valence-corrected chi connectivity index (χ0v) is 21.9. The first-order chi connectivity index (χ1) is 15.8. The number of aliphatic imine (C=N–C) groups is 1. The predicted molar refractivity (Wildman–Crippen MR) is 144 cm³/mol. The number of halogens is 1. The summed E-state index contributed by atoms with van der Waals surface area (Å²) in [7, 11) is 3.60. The van der Waals surface area contributed by atoms with Gasteiger partial charge in [-0.05, 0) is 18.2 Å². The lowest BCUT2D eigenvalue weighted by molar-refractivity contribution is 0.258. The smallest absolute Gasteiger partial charge is 0.225 e. The first kappa shape index (κ1) is 25.3. The fourth-order valence-electron chi connectivity index (χ4n) is 4.33. The molecule has 1 N–H and O–H groups in total. The summed E-state index contributed by atoms with van der Waals surface area (Å²) in [4.78, 5) is 22.7. The van der Waals surface area contributed by atoms with Gasteiger partial charge in [0.2, 0.25) is 5.95 Å². The van der Waals surface area contributed by atoms with Crippen LogP contribution in [0.3, 0.4) is 0 Å². The Hall–Kier alpha value is -2.34. The van der Waals surface area contributed by atoms with Gasteiger partial charge in [-0.2, -0.15) is 0 Å². The Morgan fingerprint density at radius 3 is 2.27 bits per heavy atom. The maximum absolute atomic E-state index is 5.53. The molecule has 0 atom stereocenters. The molecule has 2 aliphatic heterocycles. The molecular formula is C23H35IN8O. The van der Waals surface area contributed by atoms with Crippen molar-refractivity contribution in [3.63, 3.8) is 0 Å². The lowest BCUT2D eigenvalue weighted by atomic mass is 10.2. The standard InChI is InChI=1S/C23H34N8O.HI/c1-24-22(30-18-16-29(17-19-30)20-6-3-4-7-21(20)32-2)27-10-11-28-12-14-31(15-13-28)23-25-8-5-9-26-23;/h3-9H,10-19H2,1-2H3,(H,24,27);1H. The number of rotatable bonds is 6. The Labute approximate surface area is 213 Å². The number of anilines is 2. The van der Waals surface area contributed by atoms with Gasteiger partial charge >= 0.3 is 0 Å². The normalized spacial score (nSPS) is 17.5. The van der Waals surface area contributed by atoms with Crippen LogP contribution < -0.4 is 19.9 Å². The first-order valence-electron chi connectivity index (χ1n) is 11.4. The maximum atomic E-state index is 5.53. The molecule has 1 aromatic carbocycles. The summed E-state index contributed by atoms with van der Waals surface area (Å²) in [6.07, 6.45) is 3.61. The fourth-order valence-corrected chi connectivity index (χ4v) is 4.33. The van der Waals surface area contributed by atoms with E-state index in [1.165, 1.54) is 0 Å². The van der Waals surface area contributed by atoms with E-state index in [2.05, 4.69) is 52.0 Å². The zero-order chi connectivity index (χ0) is 22.2. The van der Waals surface area contributed by atoms with Crippen molar-refractivity contribution in [3.05, 3.63) is 42.7 Å². The minimum absolute atomic E-state index is 0. The van der Waals surface area contributed by atoms with E-state index in [9.17, 15) is 0 Å². The molecule has 1 aromatic heterocycles. The third kappa shape index (κ3) is 6.59. The third-order valence-corrected chi connectivity index (χ3v) is 6.14. The molecule has 0 saturated carbocycles. The second-order valence-corrected chi connectivity index (χ2v) is 8.00. The number of methoxy groups -OCH3 is 1. The molecule has 180 valence electrons. The molecule has 2 fully saturated rings. The Kier molecular flexibility index (Phi) is 9.79. The van der Waals surface area contributed by atoms with Crippen molar-refractivity contribution in [2.24, 2.45) is 4.99 Å². The SMILES string of the molecule is CN=C(NCCN1CCN(c2ncccn2)CC1)N1CCN(c2ccccc2OC)CC1.I. The Morgan fingerprint density at radius 2 is 1.61 bits per heavy atom. The molecule has 3 heterocycles. The van der Waals surface area contributed by atoms with E-state index in [0.29, 0.717) is 0 Å². The van der Waals surface area contributed by atoms with Crippen molar-refractivity contribution in [3.8, 4) is 5.75 Å². The highest BCUT2D eigenvalue weighted by atomic mass is 127. The maximum Gasteiger partial charge on any atom is 0.225 e. The lowest BCUT2D eigenvalue weighted by Gasteiger charge is -2.38. The molecule has 0 unspecified atom stereocenters. The highest BCUT2D eigenvalue weighted by molar-refractivity contribution is 14.0. The quantitative estimate of drug-likeness (QED) is 0.322. The number of hydrogen-bond acceptors (Lipinski definition) is 7. The summed E-state index contributed by atoms with van der Waals surface area (Å²) in [5.41, 5.74) is 1.16. The minimum atomic E-state index is 0. The fraction of sp³-hybridized carbons (Fsp3) is 0.522. The highest BCUT2D eigenvalue weighted by Crippen LogP contribution is 2.28. The van der Waals surface area contributed by atoms with Crippen LogP contribution in [-0.2, 0) is 0 Å². The number of guanidine groups is 1. The van der Waals surface area contributed by atoms with Gasteiger partial charge in [0.1, 0.15) is 5.75 Å². The van der Waals surface area contributed by atoms with Crippen LogP contribution in [0.25, 0.3) is 0 Å². The van der Waals surface area contributed by atoms with Gasteiger partial charge < -0.3 is 24.8 Å². The average Bonchev–Trinajstić information content (AvgIpc) is 2.88. The van der Waals surface area contributed by atoms with Crippen molar-refractivity contribution >= 4 is 41.6 Å². The lowest BCUT2D eigenvalue weighted by Crippen LogP contribution is -2.54. The molecule has 33 heavy (non-hydrogen) atoms. The largest absolute Gasteiger partial charge is 0.495 e.